The van der Waals surface area contributed by atoms with Crippen molar-refractivity contribution >= 4 is 17.4 Å². The summed E-state index contributed by atoms with van der Waals surface area (Å²) in [6.45, 7) is 3.15. The van der Waals surface area contributed by atoms with Crippen LogP contribution in [0.2, 0.25) is 0 Å². The molecule has 2 heterocycles. The van der Waals surface area contributed by atoms with E-state index in [1.54, 1.807) is 26.5 Å². The van der Waals surface area contributed by atoms with Gasteiger partial charge in [0.25, 0.3) is 5.91 Å². The number of hydrogen-bond acceptors (Lipinski definition) is 7. The van der Waals surface area contributed by atoms with E-state index in [1.807, 2.05) is 17.0 Å². The van der Waals surface area contributed by atoms with Crippen molar-refractivity contribution in [2.75, 3.05) is 52.8 Å². The number of anilines is 2. The Labute approximate surface area is 152 Å². The van der Waals surface area contributed by atoms with Crippen molar-refractivity contribution in [3.8, 4) is 11.5 Å². The number of rotatable bonds is 5. The van der Waals surface area contributed by atoms with Crippen molar-refractivity contribution in [1.29, 1.82) is 0 Å². The molecule has 0 spiro atoms. The van der Waals surface area contributed by atoms with Gasteiger partial charge in [0.15, 0.2) is 0 Å². The number of carbonyl (C=O) groups excluding carboxylic acids is 1. The van der Waals surface area contributed by atoms with Gasteiger partial charge in [0.1, 0.15) is 23.0 Å². The lowest BCUT2D eigenvalue weighted by Crippen LogP contribution is -2.47. The minimum absolute atomic E-state index is 0.0869. The molecular weight excluding hydrogens is 334 g/mol. The first-order valence-electron chi connectivity index (χ1n) is 8.39. The van der Waals surface area contributed by atoms with Crippen molar-refractivity contribution in [2.45, 2.75) is 0 Å². The fraction of sp³-hybridized carbons (Fsp3) is 0.389. The molecule has 1 aliphatic rings. The maximum atomic E-state index is 12.5. The van der Waals surface area contributed by atoms with Crippen molar-refractivity contribution in [3.05, 3.63) is 36.3 Å². The molecule has 0 bridgehead atoms. The fourth-order valence-corrected chi connectivity index (χ4v) is 2.72. The Morgan fingerprint density at radius 2 is 1.85 bits per heavy atom. The standard InChI is InChI=1S/C18H23N5O3/c1-22-6-8-23(9-7-22)18(24)15-11-20-17(12-19-15)21-14-10-13(25-2)4-5-16(14)26-3/h4-5,10-12H,6-9H2,1-3H3,(H,20,21). The molecule has 1 N–H and O–H groups in total. The zero-order valence-corrected chi connectivity index (χ0v) is 15.2. The molecule has 1 fully saturated rings. The van der Waals surface area contributed by atoms with Gasteiger partial charge in [-0.25, -0.2) is 9.97 Å². The second-order valence-electron chi connectivity index (χ2n) is 6.07. The van der Waals surface area contributed by atoms with E-state index in [9.17, 15) is 4.79 Å². The predicted molar refractivity (Wildman–Crippen MR) is 98.3 cm³/mol. The molecule has 0 unspecified atom stereocenters. The van der Waals surface area contributed by atoms with Crippen LogP contribution >= 0.6 is 0 Å². The monoisotopic (exact) mass is 357 g/mol. The molecule has 0 radical (unpaired) electrons. The zero-order valence-electron chi connectivity index (χ0n) is 15.2. The van der Waals surface area contributed by atoms with E-state index in [0.29, 0.717) is 41.8 Å². The highest BCUT2D eigenvalue weighted by molar-refractivity contribution is 5.92. The van der Waals surface area contributed by atoms with Crippen LogP contribution in [-0.2, 0) is 0 Å². The number of nitrogens with zero attached hydrogens (tertiary/aromatic N) is 4. The van der Waals surface area contributed by atoms with Crippen LogP contribution in [0.5, 0.6) is 11.5 Å². The molecule has 1 aliphatic heterocycles. The molecule has 1 saturated heterocycles. The lowest BCUT2D eigenvalue weighted by atomic mass is 10.2. The molecule has 0 aliphatic carbocycles. The Bertz CT molecular complexity index is 758. The predicted octanol–water partition coefficient (Wildman–Crippen LogP) is 1.62. The van der Waals surface area contributed by atoms with E-state index in [2.05, 4.69) is 27.2 Å². The lowest BCUT2D eigenvalue weighted by molar-refractivity contribution is 0.0658. The summed E-state index contributed by atoms with van der Waals surface area (Å²) in [4.78, 5) is 25.1. The molecule has 3 rings (SSSR count). The van der Waals surface area contributed by atoms with Crippen LogP contribution in [0.25, 0.3) is 0 Å². The van der Waals surface area contributed by atoms with Crippen LogP contribution in [0, 0.1) is 0 Å². The first kappa shape index (κ1) is 17.9. The smallest absolute Gasteiger partial charge is 0.274 e. The zero-order chi connectivity index (χ0) is 18.5. The third kappa shape index (κ3) is 4.02. The molecule has 2 aromatic rings. The molecule has 8 nitrogen and oxygen atoms in total. The van der Waals surface area contributed by atoms with Crippen LogP contribution in [0.3, 0.4) is 0 Å². The summed E-state index contributed by atoms with van der Waals surface area (Å²) in [6.07, 6.45) is 3.04. The number of hydrogen-bond donors (Lipinski definition) is 1. The van der Waals surface area contributed by atoms with Crippen molar-refractivity contribution in [3.63, 3.8) is 0 Å². The summed E-state index contributed by atoms with van der Waals surface area (Å²) in [5.41, 5.74) is 1.05. The number of amides is 1. The minimum Gasteiger partial charge on any atom is -0.497 e. The van der Waals surface area contributed by atoms with Crippen molar-refractivity contribution in [1.82, 2.24) is 19.8 Å². The molecular formula is C18H23N5O3. The number of piperazine rings is 1. The van der Waals surface area contributed by atoms with Crippen LogP contribution in [0.15, 0.2) is 30.6 Å². The quantitative estimate of drug-likeness (QED) is 0.871. The van der Waals surface area contributed by atoms with Crippen LogP contribution in [-0.4, -0.2) is 73.1 Å². The van der Waals surface area contributed by atoms with Gasteiger partial charge in [-0.2, -0.15) is 0 Å². The number of benzene rings is 1. The van der Waals surface area contributed by atoms with E-state index >= 15 is 0 Å². The molecule has 138 valence electrons. The highest BCUT2D eigenvalue weighted by Gasteiger charge is 2.21. The van der Waals surface area contributed by atoms with E-state index in [1.165, 1.54) is 6.20 Å². The summed E-state index contributed by atoms with van der Waals surface area (Å²) < 4.78 is 10.6. The molecule has 26 heavy (non-hydrogen) atoms. The van der Waals surface area contributed by atoms with E-state index < -0.39 is 0 Å². The van der Waals surface area contributed by atoms with Crippen LogP contribution in [0.4, 0.5) is 11.5 Å². The Morgan fingerprint density at radius 3 is 2.46 bits per heavy atom. The number of nitrogens with one attached hydrogen (secondary N) is 1. The van der Waals surface area contributed by atoms with Gasteiger partial charge in [0.05, 0.1) is 32.3 Å². The third-order valence-electron chi connectivity index (χ3n) is 4.33. The van der Waals surface area contributed by atoms with Gasteiger partial charge in [-0.15, -0.1) is 0 Å². The van der Waals surface area contributed by atoms with Crippen molar-refractivity contribution in [2.24, 2.45) is 0 Å². The second-order valence-corrected chi connectivity index (χ2v) is 6.07. The topological polar surface area (TPSA) is 79.8 Å². The number of aromatic nitrogens is 2. The normalized spacial score (nSPS) is 14.8. The molecule has 0 atom stereocenters. The maximum absolute atomic E-state index is 12.5. The van der Waals surface area contributed by atoms with E-state index in [4.69, 9.17) is 9.47 Å². The van der Waals surface area contributed by atoms with Gasteiger partial charge in [0.2, 0.25) is 0 Å². The average Bonchev–Trinajstić information content (AvgIpc) is 2.68. The molecule has 8 heteroatoms. The minimum atomic E-state index is -0.0869. The number of methoxy groups -OCH3 is 2. The Hall–Kier alpha value is -2.87. The van der Waals surface area contributed by atoms with Gasteiger partial charge in [-0.1, -0.05) is 0 Å². The van der Waals surface area contributed by atoms with E-state index in [0.717, 1.165) is 13.1 Å². The summed E-state index contributed by atoms with van der Waals surface area (Å²) in [6, 6.07) is 5.43. The summed E-state index contributed by atoms with van der Waals surface area (Å²) in [7, 11) is 5.25. The summed E-state index contributed by atoms with van der Waals surface area (Å²) in [5.74, 6) is 1.79. The molecule has 1 aromatic carbocycles. The van der Waals surface area contributed by atoms with Crippen LogP contribution in [0.1, 0.15) is 10.5 Å². The molecule has 1 aromatic heterocycles. The summed E-state index contributed by atoms with van der Waals surface area (Å²) >= 11 is 0. The Morgan fingerprint density at radius 1 is 1.08 bits per heavy atom. The van der Waals surface area contributed by atoms with Gasteiger partial charge in [0, 0.05) is 32.2 Å². The van der Waals surface area contributed by atoms with Gasteiger partial charge >= 0.3 is 0 Å². The highest BCUT2D eigenvalue weighted by atomic mass is 16.5. The third-order valence-corrected chi connectivity index (χ3v) is 4.33. The van der Waals surface area contributed by atoms with Gasteiger partial charge in [-0.3, -0.25) is 4.79 Å². The van der Waals surface area contributed by atoms with Gasteiger partial charge < -0.3 is 24.6 Å². The summed E-state index contributed by atoms with van der Waals surface area (Å²) in [5, 5.41) is 3.14. The van der Waals surface area contributed by atoms with Gasteiger partial charge in [-0.05, 0) is 19.2 Å². The number of likely N-dealkylation sites (N-methyl/N-ethyl adjacent to an activating group) is 1. The van der Waals surface area contributed by atoms with Crippen molar-refractivity contribution < 1.29 is 14.3 Å². The Balaban J connectivity index is 1.71. The second kappa shape index (κ2) is 8.01. The Kier molecular flexibility index (Phi) is 5.52. The highest BCUT2D eigenvalue weighted by Crippen LogP contribution is 2.30. The largest absolute Gasteiger partial charge is 0.497 e. The maximum Gasteiger partial charge on any atom is 0.274 e. The molecule has 0 saturated carbocycles. The fourth-order valence-electron chi connectivity index (χ4n) is 2.72. The first-order chi connectivity index (χ1) is 12.6. The number of ether oxygens (including phenoxy) is 2. The first-order valence-corrected chi connectivity index (χ1v) is 8.39. The number of carbonyl (C=O) groups is 1. The SMILES string of the molecule is COc1ccc(OC)c(Nc2cnc(C(=O)N3CCN(C)CC3)cn2)c1. The lowest BCUT2D eigenvalue weighted by Gasteiger charge is -2.32. The molecule has 1 amide bonds. The van der Waals surface area contributed by atoms with Crippen LogP contribution < -0.4 is 14.8 Å². The average molecular weight is 357 g/mol. The van der Waals surface area contributed by atoms with E-state index in [-0.39, 0.29) is 5.91 Å².